The molecule has 1 N–H and O–H groups in total. The first-order valence-corrected chi connectivity index (χ1v) is 7.67. The molecule has 0 aliphatic rings. The van der Waals surface area contributed by atoms with Crippen LogP contribution in [-0.2, 0) is 0 Å². The van der Waals surface area contributed by atoms with Gasteiger partial charge in [-0.3, -0.25) is 4.79 Å². The van der Waals surface area contributed by atoms with E-state index in [1.165, 1.54) is 16.2 Å². The van der Waals surface area contributed by atoms with E-state index >= 15 is 0 Å². The van der Waals surface area contributed by atoms with Gasteiger partial charge in [0.05, 0.1) is 0 Å². The Labute approximate surface area is 135 Å². The average Bonchev–Trinajstić information content (AvgIpc) is 2.93. The summed E-state index contributed by atoms with van der Waals surface area (Å²) in [5, 5.41) is 4.78. The summed E-state index contributed by atoms with van der Waals surface area (Å²) in [6.45, 7) is 0. The number of carbonyl (C=O) groups is 1. The van der Waals surface area contributed by atoms with Crippen molar-refractivity contribution in [3.8, 4) is 11.3 Å². The monoisotopic (exact) mass is 350 g/mol. The molecule has 0 aliphatic heterocycles. The Hall–Kier alpha value is -2.46. The Morgan fingerprint density at radius 2 is 1.59 bits per heavy atom. The summed E-state index contributed by atoms with van der Waals surface area (Å²) >= 11 is 3.42. The fourth-order valence-corrected chi connectivity index (χ4v) is 3.22. The minimum absolute atomic E-state index is 0.320. The van der Waals surface area contributed by atoms with Gasteiger partial charge >= 0.3 is 0 Å². The van der Waals surface area contributed by atoms with Crippen LogP contribution in [0.4, 0.5) is 0 Å². The maximum absolute atomic E-state index is 10.8. The van der Waals surface area contributed by atoms with Gasteiger partial charge in [-0.2, -0.15) is 0 Å². The number of halogens is 1. The summed E-state index contributed by atoms with van der Waals surface area (Å²) in [6, 6.07) is 18.9. The topological polar surface area (TPSA) is 45.8 Å². The number of H-pyrrole nitrogens is 1. The predicted octanol–water partition coefficient (Wildman–Crippen LogP) is 4.96. The molecule has 0 bridgehead atoms. The standard InChI is InChI=1S/C18H11BrN2O/c19-18-17(20-16(10-22)21-18)14-6-5-13-7-11-3-1-2-4-12(11)8-15(13)9-14/h1-10H,(H,20,21). The quantitative estimate of drug-likeness (QED) is 0.410. The molecule has 0 spiro atoms. The minimum atomic E-state index is 0.320. The summed E-state index contributed by atoms with van der Waals surface area (Å²) in [4.78, 5) is 18.1. The molecule has 106 valence electrons. The van der Waals surface area contributed by atoms with E-state index in [0.717, 1.165) is 21.2 Å². The first-order valence-electron chi connectivity index (χ1n) is 6.88. The Bertz CT molecular complexity index is 1020. The van der Waals surface area contributed by atoms with Gasteiger partial charge in [-0.05, 0) is 55.7 Å². The van der Waals surface area contributed by atoms with Crippen molar-refractivity contribution in [3.05, 3.63) is 65.0 Å². The van der Waals surface area contributed by atoms with Crippen molar-refractivity contribution in [2.75, 3.05) is 0 Å². The molecular weight excluding hydrogens is 340 g/mol. The van der Waals surface area contributed by atoms with Crippen molar-refractivity contribution in [1.82, 2.24) is 9.97 Å². The van der Waals surface area contributed by atoms with Gasteiger partial charge in [0.15, 0.2) is 12.1 Å². The van der Waals surface area contributed by atoms with Gasteiger partial charge in [0.1, 0.15) is 10.3 Å². The molecule has 3 aromatic carbocycles. The number of rotatable bonds is 2. The highest BCUT2D eigenvalue weighted by Gasteiger charge is 2.10. The maximum Gasteiger partial charge on any atom is 0.185 e. The molecule has 0 amide bonds. The number of imidazole rings is 1. The molecule has 0 unspecified atom stereocenters. The molecule has 1 aromatic heterocycles. The lowest BCUT2D eigenvalue weighted by Gasteiger charge is -2.05. The van der Waals surface area contributed by atoms with Crippen LogP contribution in [0.2, 0.25) is 0 Å². The molecule has 4 rings (SSSR count). The third-order valence-electron chi connectivity index (χ3n) is 3.77. The molecular formula is C18H11BrN2O. The number of carbonyl (C=O) groups excluding carboxylic acids is 1. The maximum atomic E-state index is 10.8. The summed E-state index contributed by atoms with van der Waals surface area (Å²) in [5.74, 6) is 0.320. The van der Waals surface area contributed by atoms with E-state index in [9.17, 15) is 4.79 Å². The van der Waals surface area contributed by atoms with E-state index in [4.69, 9.17) is 0 Å². The van der Waals surface area contributed by atoms with Crippen molar-refractivity contribution in [2.45, 2.75) is 0 Å². The lowest BCUT2D eigenvalue weighted by atomic mass is 10.0. The first-order chi connectivity index (χ1) is 10.7. The molecule has 0 atom stereocenters. The van der Waals surface area contributed by atoms with E-state index in [0.29, 0.717) is 12.1 Å². The van der Waals surface area contributed by atoms with E-state index in [-0.39, 0.29) is 0 Å². The van der Waals surface area contributed by atoms with Crippen LogP contribution in [0, 0.1) is 0 Å². The predicted molar refractivity (Wildman–Crippen MR) is 92.1 cm³/mol. The second kappa shape index (κ2) is 5.07. The van der Waals surface area contributed by atoms with Crippen molar-refractivity contribution in [1.29, 1.82) is 0 Å². The van der Waals surface area contributed by atoms with Crippen molar-refractivity contribution >= 4 is 43.8 Å². The largest absolute Gasteiger partial charge is 0.330 e. The molecule has 0 fully saturated rings. The summed E-state index contributed by atoms with van der Waals surface area (Å²) < 4.78 is 0.717. The Kier molecular flexibility index (Phi) is 3.05. The SMILES string of the molecule is O=Cc1nc(-c2ccc3cc4ccccc4cc3c2)c(Br)[nH]1. The number of aldehydes is 1. The zero-order chi connectivity index (χ0) is 15.1. The van der Waals surface area contributed by atoms with Crippen molar-refractivity contribution < 1.29 is 4.79 Å². The van der Waals surface area contributed by atoms with Crippen LogP contribution in [-0.4, -0.2) is 16.3 Å². The summed E-state index contributed by atoms with van der Waals surface area (Å²) in [5.41, 5.74) is 1.72. The highest BCUT2D eigenvalue weighted by Crippen LogP contribution is 2.30. The number of benzene rings is 3. The van der Waals surface area contributed by atoms with Crippen LogP contribution >= 0.6 is 15.9 Å². The van der Waals surface area contributed by atoms with Gasteiger partial charge in [-0.25, -0.2) is 4.98 Å². The molecule has 22 heavy (non-hydrogen) atoms. The third kappa shape index (κ3) is 2.12. The lowest BCUT2D eigenvalue weighted by Crippen LogP contribution is -1.83. The first kappa shape index (κ1) is 13.2. The van der Waals surface area contributed by atoms with E-state index in [1.54, 1.807) is 0 Å². The van der Waals surface area contributed by atoms with Crippen LogP contribution in [0.1, 0.15) is 10.6 Å². The molecule has 0 aliphatic carbocycles. The summed E-state index contributed by atoms with van der Waals surface area (Å²) in [7, 11) is 0. The van der Waals surface area contributed by atoms with Crippen molar-refractivity contribution in [3.63, 3.8) is 0 Å². The van der Waals surface area contributed by atoms with Crippen molar-refractivity contribution in [2.24, 2.45) is 0 Å². The third-order valence-corrected chi connectivity index (χ3v) is 4.34. The lowest BCUT2D eigenvalue weighted by molar-refractivity contribution is 0.111. The van der Waals surface area contributed by atoms with Crippen LogP contribution in [0.5, 0.6) is 0 Å². The molecule has 1 heterocycles. The second-order valence-electron chi connectivity index (χ2n) is 5.16. The number of fused-ring (bicyclic) bond motifs is 2. The van der Waals surface area contributed by atoms with Crippen LogP contribution in [0.25, 0.3) is 32.8 Å². The van der Waals surface area contributed by atoms with Crippen LogP contribution < -0.4 is 0 Å². The normalized spacial score (nSPS) is 11.1. The number of nitrogens with one attached hydrogen (secondary N) is 1. The molecule has 4 heteroatoms. The van der Waals surface area contributed by atoms with Gasteiger partial charge < -0.3 is 4.98 Å². The van der Waals surface area contributed by atoms with Gasteiger partial charge in [0, 0.05) is 5.56 Å². The van der Waals surface area contributed by atoms with E-state index in [1.807, 2.05) is 18.2 Å². The van der Waals surface area contributed by atoms with Gasteiger partial charge in [0.2, 0.25) is 0 Å². The smallest absolute Gasteiger partial charge is 0.185 e. The van der Waals surface area contributed by atoms with E-state index < -0.39 is 0 Å². The zero-order valence-corrected chi connectivity index (χ0v) is 13.1. The Balaban J connectivity index is 1.94. The molecule has 3 nitrogen and oxygen atoms in total. The highest BCUT2D eigenvalue weighted by molar-refractivity contribution is 9.10. The fourth-order valence-electron chi connectivity index (χ4n) is 2.70. The van der Waals surface area contributed by atoms with Crippen LogP contribution in [0.3, 0.4) is 0 Å². The number of hydrogen-bond acceptors (Lipinski definition) is 2. The molecule has 4 aromatic rings. The zero-order valence-electron chi connectivity index (χ0n) is 11.5. The number of nitrogens with zero attached hydrogens (tertiary/aromatic N) is 1. The fraction of sp³-hybridized carbons (Fsp3) is 0. The van der Waals surface area contributed by atoms with Gasteiger partial charge in [0.25, 0.3) is 0 Å². The van der Waals surface area contributed by atoms with E-state index in [2.05, 4.69) is 62.3 Å². The minimum Gasteiger partial charge on any atom is -0.330 e. The highest BCUT2D eigenvalue weighted by atomic mass is 79.9. The second-order valence-corrected chi connectivity index (χ2v) is 5.96. The molecule has 0 saturated heterocycles. The van der Waals surface area contributed by atoms with Crippen LogP contribution in [0.15, 0.2) is 59.2 Å². The number of hydrogen-bond donors (Lipinski definition) is 1. The Morgan fingerprint density at radius 1 is 0.909 bits per heavy atom. The average molecular weight is 351 g/mol. The summed E-state index contributed by atoms with van der Waals surface area (Å²) in [6.07, 6.45) is 0.711. The van der Waals surface area contributed by atoms with Gasteiger partial charge in [-0.15, -0.1) is 0 Å². The molecule has 0 radical (unpaired) electrons. The number of aromatic amines is 1. The van der Waals surface area contributed by atoms with Gasteiger partial charge in [-0.1, -0.05) is 36.4 Å². The molecule has 0 saturated carbocycles. The number of aromatic nitrogens is 2. The Morgan fingerprint density at radius 3 is 2.27 bits per heavy atom.